The second kappa shape index (κ2) is 7.87. The SMILES string of the molecule is CCC1CCC(CC(N)CNC(=O)OC(C)(C)C)CC1. The van der Waals surface area contributed by atoms with Gasteiger partial charge in [0.1, 0.15) is 5.60 Å². The molecule has 0 aromatic rings. The number of rotatable bonds is 5. The lowest BCUT2D eigenvalue weighted by Crippen LogP contribution is -2.41. The van der Waals surface area contributed by atoms with Crippen molar-refractivity contribution in [3.63, 3.8) is 0 Å². The van der Waals surface area contributed by atoms with Crippen LogP contribution >= 0.6 is 0 Å². The average molecular weight is 284 g/mol. The summed E-state index contributed by atoms with van der Waals surface area (Å²) in [4.78, 5) is 11.5. The first kappa shape index (κ1) is 17.3. The molecule has 0 saturated heterocycles. The minimum Gasteiger partial charge on any atom is -0.444 e. The van der Waals surface area contributed by atoms with Gasteiger partial charge < -0.3 is 15.8 Å². The molecule has 118 valence electrons. The Kier molecular flexibility index (Phi) is 6.80. The van der Waals surface area contributed by atoms with Gasteiger partial charge in [-0.3, -0.25) is 0 Å². The highest BCUT2D eigenvalue weighted by Gasteiger charge is 2.22. The highest BCUT2D eigenvalue weighted by molar-refractivity contribution is 5.67. The Labute approximate surface area is 123 Å². The molecular weight excluding hydrogens is 252 g/mol. The molecule has 0 bridgehead atoms. The minimum absolute atomic E-state index is 0.0331. The predicted octanol–water partition coefficient (Wildman–Crippen LogP) is 3.44. The van der Waals surface area contributed by atoms with Crippen LogP contribution in [0, 0.1) is 11.8 Å². The highest BCUT2D eigenvalue weighted by atomic mass is 16.6. The van der Waals surface area contributed by atoms with Gasteiger partial charge in [-0.2, -0.15) is 0 Å². The number of hydrogen-bond acceptors (Lipinski definition) is 3. The van der Waals surface area contributed by atoms with Gasteiger partial charge in [-0.25, -0.2) is 4.79 Å². The van der Waals surface area contributed by atoms with E-state index in [2.05, 4.69) is 12.2 Å². The predicted molar refractivity (Wildman–Crippen MR) is 82.6 cm³/mol. The van der Waals surface area contributed by atoms with Gasteiger partial charge in [-0.05, 0) is 39.0 Å². The summed E-state index contributed by atoms with van der Waals surface area (Å²) < 4.78 is 5.20. The number of amides is 1. The molecule has 1 unspecified atom stereocenters. The Morgan fingerprint density at radius 1 is 1.25 bits per heavy atom. The third kappa shape index (κ3) is 7.13. The maximum Gasteiger partial charge on any atom is 0.407 e. The van der Waals surface area contributed by atoms with E-state index in [0.717, 1.165) is 18.3 Å². The third-order valence-electron chi connectivity index (χ3n) is 4.09. The van der Waals surface area contributed by atoms with Gasteiger partial charge in [0, 0.05) is 12.6 Å². The molecule has 1 rings (SSSR count). The lowest BCUT2D eigenvalue weighted by molar-refractivity contribution is 0.0522. The Morgan fingerprint density at radius 2 is 1.80 bits per heavy atom. The first-order valence-corrected chi connectivity index (χ1v) is 8.02. The largest absolute Gasteiger partial charge is 0.444 e. The van der Waals surface area contributed by atoms with Crippen LogP contribution in [-0.4, -0.2) is 24.3 Å². The molecule has 0 spiro atoms. The number of carbonyl (C=O) groups excluding carboxylic acids is 1. The zero-order valence-electron chi connectivity index (χ0n) is 13.6. The Hall–Kier alpha value is -0.770. The number of nitrogens with two attached hydrogens (primary N) is 1. The molecule has 1 aliphatic carbocycles. The van der Waals surface area contributed by atoms with E-state index < -0.39 is 5.60 Å². The Morgan fingerprint density at radius 3 is 2.30 bits per heavy atom. The van der Waals surface area contributed by atoms with E-state index in [1.54, 1.807) is 0 Å². The van der Waals surface area contributed by atoms with Crippen LogP contribution in [0.15, 0.2) is 0 Å². The number of nitrogens with one attached hydrogen (secondary N) is 1. The van der Waals surface area contributed by atoms with Gasteiger partial charge in [0.2, 0.25) is 0 Å². The van der Waals surface area contributed by atoms with Crippen LogP contribution in [0.2, 0.25) is 0 Å². The normalized spacial score (nSPS) is 25.1. The van der Waals surface area contributed by atoms with Crippen LogP contribution in [0.1, 0.15) is 66.2 Å². The zero-order chi connectivity index (χ0) is 15.2. The standard InChI is InChI=1S/C16H32N2O2/c1-5-12-6-8-13(9-7-12)10-14(17)11-18-15(19)20-16(2,3)4/h12-14H,5-11,17H2,1-4H3,(H,18,19). The van der Waals surface area contributed by atoms with E-state index >= 15 is 0 Å². The van der Waals surface area contributed by atoms with Crippen molar-refractivity contribution in [1.82, 2.24) is 5.32 Å². The van der Waals surface area contributed by atoms with Gasteiger partial charge in [0.15, 0.2) is 0 Å². The molecule has 1 saturated carbocycles. The summed E-state index contributed by atoms with van der Waals surface area (Å²) in [5.41, 5.74) is 5.66. The van der Waals surface area contributed by atoms with Gasteiger partial charge in [0.05, 0.1) is 0 Å². The minimum atomic E-state index is -0.452. The van der Waals surface area contributed by atoms with Crippen LogP contribution in [0.5, 0.6) is 0 Å². The molecule has 4 nitrogen and oxygen atoms in total. The first-order valence-electron chi connectivity index (χ1n) is 8.02. The summed E-state index contributed by atoms with van der Waals surface area (Å²) in [7, 11) is 0. The van der Waals surface area contributed by atoms with Gasteiger partial charge in [-0.15, -0.1) is 0 Å². The molecule has 0 aromatic heterocycles. The molecule has 20 heavy (non-hydrogen) atoms. The smallest absolute Gasteiger partial charge is 0.407 e. The lowest BCUT2D eigenvalue weighted by atomic mass is 9.78. The van der Waals surface area contributed by atoms with Gasteiger partial charge >= 0.3 is 6.09 Å². The molecule has 0 aromatic carbocycles. The van der Waals surface area contributed by atoms with E-state index in [-0.39, 0.29) is 12.1 Å². The highest BCUT2D eigenvalue weighted by Crippen LogP contribution is 2.32. The number of hydrogen-bond donors (Lipinski definition) is 2. The molecule has 0 radical (unpaired) electrons. The van der Waals surface area contributed by atoms with Crippen LogP contribution in [0.4, 0.5) is 4.79 Å². The molecular formula is C16H32N2O2. The van der Waals surface area contributed by atoms with Crippen LogP contribution in [-0.2, 0) is 4.74 Å². The Bertz CT molecular complexity index is 291. The van der Waals surface area contributed by atoms with Crippen LogP contribution < -0.4 is 11.1 Å². The molecule has 0 heterocycles. The van der Waals surface area contributed by atoms with Crippen molar-refractivity contribution in [3.05, 3.63) is 0 Å². The fraction of sp³-hybridized carbons (Fsp3) is 0.938. The third-order valence-corrected chi connectivity index (χ3v) is 4.09. The quantitative estimate of drug-likeness (QED) is 0.812. The maximum atomic E-state index is 11.5. The molecule has 1 fully saturated rings. The van der Waals surface area contributed by atoms with Crippen molar-refractivity contribution in [2.75, 3.05) is 6.54 Å². The molecule has 1 amide bonds. The maximum absolute atomic E-state index is 11.5. The average Bonchev–Trinajstić information content (AvgIpc) is 2.35. The fourth-order valence-corrected chi connectivity index (χ4v) is 2.92. The summed E-state index contributed by atoms with van der Waals surface area (Å²) in [6, 6.07) is 0.0331. The van der Waals surface area contributed by atoms with E-state index in [1.807, 2.05) is 20.8 Å². The van der Waals surface area contributed by atoms with Crippen molar-refractivity contribution in [2.24, 2.45) is 17.6 Å². The monoisotopic (exact) mass is 284 g/mol. The van der Waals surface area contributed by atoms with E-state index in [0.29, 0.717) is 6.54 Å². The topological polar surface area (TPSA) is 64.3 Å². The van der Waals surface area contributed by atoms with Crippen molar-refractivity contribution < 1.29 is 9.53 Å². The fourth-order valence-electron chi connectivity index (χ4n) is 2.92. The van der Waals surface area contributed by atoms with Crippen molar-refractivity contribution in [3.8, 4) is 0 Å². The molecule has 0 aliphatic heterocycles. The molecule has 3 N–H and O–H groups in total. The first-order chi connectivity index (χ1) is 9.30. The summed E-state index contributed by atoms with van der Waals surface area (Å²) in [5.74, 6) is 1.65. The summed E-state index contributed by atoms with van der Waals surface area (Å²) >= 11 is 0. The van der Waals surface area contributed by atoms with Crippen LogP contribution in [0.3, 0.4) is 0 Å². The van der Waals surface area contributed by atoms with E-state index in [1.165, 1.54) is 32.1 Å². The molecule has 1 atom stereocenters. The van der Waals surface area contributed by atoms with E-state index in [9.17, 15) is 4.79 Å². The summed E-state index contributed by atoms with van der Waals surface area (Å²) in [6.45, 7) is 8.36. The summed E-state index contributed by atoms with van der Waals surface area (Å²) in [6.07, 6.45) is 7.20. The van der Waals surface area contributed by atoms with Crippen molar-refractivity contribution in [1.29, 1.82) is 0 Å². The second-order valence-electron chi connectivity index (χ2n) is 7.17. The second-order valence-corrected chi connectivity index (χ2v) is 7.17. The van der Waals surface area contributed by atoms with E-state index in [4.69, 9.17) is 10.5 Å². The number of ether oxygens (including phenoxy) is 1. The van der Waals surface area contributed by atoms with Gasteiger partial charge in [-0.1, -0.05) is 39.0 Å². The molecule has 1 aliphatic rings. The van der Waals surface area contributed by atoms with Gasteiger partial charge in [0.25, 0.3) is 0 Å². The Balaban J connectivity index is 2.17. The van der Waals surface area contributed by atoms with Crippen molar-refractivity contribution >= 4 is 6.09 Å². The number of alkyl carbamates (subject to hydrolysis) is 1. The molecule has 4 heteroatoms. The van der Waals surface area contributed by atoms with Crippen LogP contribution in [0.25, 0.3) is 0 Å². The van der Waals surface area contributed by atoms with Crippen molar-refractivity contribution in [2.45, 2.75) is 77.9 Å². The number of carbonyl (C=O) groups is 1. The summed E-state index contributed by atoms with van der Waals surface area (Å²) in [5, 5.41) is 2.76. The lowest BCUT2D eigenvalue weighted by Gasteiger charge is -2.29. The zero-order valence-corrected chi connectivity index (χ0v) is 13.6.